The first-order valence-electron chi connectivity index (χ1n) is 8.18. The Bertz CT molecular complexity index is 284. The molecule has 0 aliphatic heterocycles. The Kier molecular flexibility index (Phi) is 8.15. The van der Waals surface area contributed by atoms with E-state index < -0.39 is 0 Å². The second-order valence-corrected chi connectivity index (χ2v) is 6.12. The molecule has 4 heteroatoms. The van der Waals surface area contributed by atoms with E-state index >= 15 is 0 Å². The van der Waals surface area contributed by atoms with Gasteiger partial charge in [-0.15, -0.1) is 0 Å². The fourth-order valence-electron chi connectivity index (χ4n) is 3.02. The third-order valence-electron chi connectivity index (χ3n) is 4.21. The Morgan fingerprint density at radius 3 is 2.75 bits per heavy atom. The van der Waals surface area contributed by atoms with Crippen molar-refractivity contribution in [3.63, 3.8) is 0 Å². The molecule has 118 valence electrons. The number of hydrogen-bond acceptors (Lipinski definition) is 4. The highest BCUT2D eigenvalue weighted by atomic mass is 16.5. The standard InChI is InChI=1S/C16H32N2O2/c1-5-10-17-15(16(19)20-6-2)12-18(4)14-9-7-8-13(3)11-14/h13-15,17H,5-12H2,1-4H3. The molecule has 0 aromatic heterocycles. The average molecular weight is 284 g/mol. The van der Waals surface area contributed by atoms with Gasteiger partial charge in [-0.1, -0.05) is 26.7 Å². The second kappa shape index (κ2) is 9.35. The molecule has 20 heavy (non-hydrogen) atoms. The molecule has 4 nitrogen and oxygen atoms in total. The maximum Gasteiger partial charge on any atom is 0.324 e. The van der Waals surface area contributed by atoms with Crippen molar-refractivity contribution in [2.45, 2.75) is 65.0 Å². The minimum atomic E-state index is -0.197. The third-order valence-corrected chi connectivity index (χ3v) is 4.21. The molecule has 0 aromatic rings. The zero-order chi connectivity index (χ0) is 15.0. The average Bonchev–Trinajstić information content (AvgIpc) is 2.43. The van der Waals surface area contributed by atoms with Crippen molar-refractivity contribution in [3.8, 4) is 0 Å². The van der Waals surface area contributed by atoms with Crippen LogP contribution in [-0.4, -0.2) is 49.7 Å². The Hall–Kier alpha value is -0.610. The number of nitrogens with one attached hydrogen (secondary N) is 1. The molecule has 1 aliphatic carbocycles. The zero-order valence-electron chi connectivity index (χ0n) is 13.7. The van der Waals surface area contributed by atoms with Crippen molar-refractivity contribution in [3.05, 3.63) is 0 Å². The molecular weight excluding hydrogens is 252 g/mol. The normalized spacial score (nSPS) is 24.6. The molecule has 1 N–H and O–H groups in total. The number of nitrogens with zero attached hydrogens (tertiary/aromatic N) is 1. The number of likely N-dealkylation sites (N-methyl/N-ethyl adjacent to an activating group) is 1. The first kappa shape index (κ1) is 17.4. The fourth-order valence-corrected chi connectivity index (χ4v) is 3.02. The Balaban J connectivity index is 2.51. The summed E-state index contributed by atoms with van der Waals surface area (Å²) >= 11 is 0. The first-order valence-corrected chi connectivity index (χ1v) is 8.18. The molecule has 3 atom stereocenters. The summed E-state index contributed by atoms with van der Waals surface area (Å²) in [4.78, 5) is 14.4. The predicted octanol–water partition coefficient (Wildman–Crippen LogP) is 2.43. The lowest BCUT2D eigenvalue weighted by Gasteiger charge is -2.35. The molecule has 0 amide bonds. The van der Waals surface area contributed by atoms with Crippen LogP contribution in [0.25, 0.3) is 0 Å². The number of carbonyl (C=O) groups is 1. The Labute approximate surface area is 124 Å². The van der Waals surface area contributed by atoms with Crippen LogP contribution in [0.5, 0.6) is 0 Å². The molecule has 0 heterocycles. The molecule has 0 aromatic carbocycles. The largest absolute Gasteiger partial charge is 0.465 e. The zero-order valence-corrected chi connectivity index (χ0v) is 13.7. The smallest absolute Gasteiger partial charge is 0.324 e. The quantitative estimate of drug-likeness (QED) is 0.695. The van der Waals surface area contributed by atoms with Crippen LogP contribution >= 0.6 is 0 Å². The maximum absolute atomic E-state index is 12.0. The lowest BCUT2D eigenvalue weighted by atomic mass is 9.86. The van der Waals surface area contributed by atoms with Crippen molar-refractivity contribution in [2.75, 3.05) is 26.7 Å². The van der Waals surface area contributed by atoms with Crippen LogP contribution in [0.1, 0.15) is 52.9 Å². The summed E-state index contributed by atoms with van der Waals surface area (Å²) in [6, 6.07) is 0.413. The van der Waals surface area contributed by atoms with E-state index in [2.05, 4.69) is 31.1 Å². The van der Waals surface area contributed by atoms with Crippen LogP contribution in [0.2, 0.25) is 0 Å². The van der Waals surface area contributed by atoms with Crippen LogP contribution in [0.4, 0.5) is 0 Å². The van der Waals surface area contributed by atoms with Crippen molar-refractivity contribution >= 4 is 5.97 Å². The van der Waals surface area contributed by atoms with Crippen molar-refractivity contribution in [1.82, 2.24) is 10.2 Å². The number of ether oxygens (including phenoxy) is 1. The number of rotatable bonds is 8. The van der Waals surface area contributed by atoms with Gasteiger partial charge in [0.15, 0.2) is 0 Å². The number of esters is 1. The molecule has 0 bridgehead atoms. The van der Waals surface area contributed by atoms with Crippen molar-refractivity contribution in [2.24, 2.45) is 5.92 Å². The van der Waals surface area contributed by atoms with Crippen LogP contribution < -0.4 is 5.32 Å². The maximum atomic E-state index is 12.0. The highest BCUT2D eigenvalue weighted by Gasteiger charge is 2.27. The predicted molar refractivity (Wildman–Crippen MR) is 82.8 cm³/mol. The molecule has 3 unspecified atom stereocenters. The Morgan fingerprint density at radius 2 is 2.15 bits per heavy atom. The van der Waals surface area contributed by atoms with Gasteiger partial charge in [0.25, 0.3) is 0 Å². The van der Waals surface area contributed by atoms with Gasteiger partial charge in [0.1, 0.15) is 6.04 Å². The lowest BCUT2D eigenvalue weighted by Crippen LogP contribution is -2.49. The van der Waals surface area contributed by atoms with E-state index in [1.165, 1.54) is 25.7 Å². The van der Waals surface area contributed by atoms with Gasteiger partial charge in [-0.25, -0.2) is 0 Å². The van der Waals surface area contributed by atoms with E-state index in [9.17, 15) is 4.79 Å². The van der Waals surface area contributed by atoms with Gasteiger partial charge < -0.3 is 15.0 Å². The highest BCUT2D eigenvalue weighted by Crippen LogP contribution is 2.26. The second-order valence-electron chi connectivity index (χ2n) is 6.12. The minimum absolute atomic E-state index is 0.114. The molecule has 1 fully saturated rings. The molecule has 1 rings (SSSR count). The van der Waals surface area contributed by atoms with Crippen molar-refractivity contribution in [1.29, 1.82) is 0 Å². The van der Waals surface area contributed by atoms with E-state index in [1.54, 1.807) is 0 Å². The van der Waals surface area contributed by atoms with E-state index in [0.29, 0.717) is 12.6 Å². The summed E-state index contributed by atoms with van der Waals surface area (Å²) in [7, 11) is 2.14. The van der Waals surface area contributed by atoms with Crippen LogP contribution in [0, 0.1) is 5.92 Å². The summed E-state index contributed by atoms with van der Waals surface area (Å²) in [6.45, 7) is 8.36. The highest BCUT2D eigenvalue weighted by molar-refractivity contribution is 5.76. The van der Waals surface area contributed by atoms with Crippen LogP contribution in [0.3, 0.4) is 0 Å². The molecule has 0 spiro atoms. The van der Waals surface area contributed by atoms with E-state index in [4.69, 9.17) is 4.74 Å². The van der Waals surface area contributed by atoms with Gasteiger partial charge in [0.2, 0.25) is 0 Å². The summed E-state index contributed by atoms with van der Waals surface area (Å²) in [6.07, 6.45) is 6.19. The number of carbonyl (C=O) groups excluding carboxylic acids is 1. The minimum Gasteiger partial charge on any atom is -0.465 e. The van der Waals surface area contributed by atoms with E-state index in [-0.39, 0.29) is 12.0 Å². The Morgan fingerprint density at radius 1 is 1.40 bits per heavy atom. The first-order chi connectivity index (χ1) is 9.58. The van der Waals surface area contributed by atoms with Gasteiger partial charge in [-0.05, 0) is 45.7 Å². The SMILES string of the molecule is CCCNC(CN(C)C1CCCC(C)C1)C(=O)OCC. The summed E-state index contributed by atoms with van der Waals surface area (Å²) in [5, 5.41) is 3.32. The van der Waals surface area contributed by atoms with E-state index in [1.807, 2.05) is 6.92 Å². The number of hydrogen-bond donors (Lipinski definition) is 1. The molecule has 1 aliphatic rings. The lowest BCUT2D eigenvalue weighted by molar-refractivity contribution is -0.146. The van der Waals surface area contributed by atoms with Gasteiger partial charge in [0, 0.05) is 12.6 Å². The summed E-state index contributed by atoms with van der Waals surface area (Å²) < 4.78 is 5.18. The van der Waals surface area contributed by atoms with Crippen LogP contribution in [-0.2, 0) is 9.53 Å². The molecule has 0 radical (unpaired) electrons. The monoisotopic (exact) mass is 284 g/mol. The van der Waals surface area contributed by atoms with Crippen molar-refractivity contribution < 1.29 is 9.53 Å². The fraction of sp³-hybridized carbons (Fsp3) is 0.938. The van der Waals surface area contributed by atoms with E-state index in [0.717, 1.165) is 25.4 Å². The summed E-state index contributed by atoms with van der Waals surface area (Å²) in [5.41, 5.74) is 0. The van der Waals surface area contributed by atoms with Gasteiger partial charge >= 0.3 is 5.97 Å². The molecular formula is C16H32N2O2. The summed E-state index contributed by atoms with van der Waals surface area (Å²) in [5.74, 6) is 0.692. The van der Waals surface area contributed by atoms with Gasteiger partial charge in [-0.2, -0.15) is 0 Å². The van der Waals surface area contributed by atoms with Gasteiger partial charge in [0.05, 0.1) is 6.61 Å². The molecule has 0 saturated heterocycles. The third kappa shape index (κ3) is 5.80. The topological polar surface area (TPSA) is 41.6 Å². The van der Waals surface area contributed by atoms with Crippen LogP contribution in [0.15, 0.2) is 0 Å². The molecule has 1 saturated carbocycles. The van der Waals surface area contributed by atoms with Gasteiger partial charge in [-0.3, -0.25) is 4.79 Å².